The van der Waals surface area contributed by atoms with E-state index in [1.54, 1.807) is 14.0 Å². The predicted octanol–water partition coefficient (Wildman–Crippen LogP) is 2.42. The van der Waals surface area contributed by atoms with Gasteiger partial charge in [-0.1, -0.05) is 12.1 Å². The lowest BCUT2D eigenvalue weighted by Crippen LogP contribution is -2.48. The first-order valence-corrected chi connectivity index (χ1v) is 9.91. The third-order valence-electron chi connectivity index (χ3n) is 4.66. The molecule has 144 valence electrons. The summed E-state index contributed by atoms with van der Waals surface area (Å²) in [7, 11) is -2.19. The van der Waals surface area contributed by atoms with Crippen molar-refractivity contribution in [3.05, 3.63) is 58.1 Å². The lowest BCUT2D eigenvalue weighted by Gasteiger charge is -2.35. The van der Waals surface area contributed by atoms with Crippen LogP contribution >= 0.6 is 0 Å². The molecule has 0 unspecified atom stereocenters. The number of ether oxygens (including phenoxy) is 1. The summed E-state index contributed by atoms with van der Waals surface area (Å²) < 4.78 is 32.6. The zero-order valence-corrected chi connectivity index (χ0v) is 16.0. The molecular weight excluding hydrogens is 370 g/mol. The van der Waals surface area contributed by atoms with Gasteiger partial charge in [0.2, 0.25) is 10.0 Å². The molecule has 0 N–H and O–H groups in total. The van der Waals surface area contributed by atoms with Crippen LogP contribution in [0.1, 0.15) is 5.56 Å². The lowest BCUT2D eigenvalue weighted by atomic mass is 10.2. The van der Waals surface area contributed by atoms with Crippen LogP contribution in [-0.4, -0.2) is 50.9 Å². The fourth-order valence-corrected chi connectivity index (χ4v) is 4.78. The first-order valence-electron chi connectivity index (χ1n) is 8.47. The van der Waals surface area contributed by atoms with Gasteiger partial charge in [0.1, 0.15) is 5.75 Å². The van der Waals surface area contributed by atoms with Crippen LogP contribution in [-0.2, 0) is 10.0 Å². The van der Waals surface area contributed by atoms with Gasteiger partial charge in [0.25, 0.3) is 5.69 Å². The molecule has 0 amide bonds. The highest BCUT2D eigenvalue weighted by molar-refractivity contribution is 7.89. The van der Waals surface area contributed by atoms with E-state index in [1.807, 2.05) is 24.3 Å². The van der Waals surface area contributed by atoms with E-state index < -0.39 is 14.9 Å². The Morgan fingerprint density at radius 1 is 1.07 bits per heavy atom. The molecule has 0 saturated carbocycles. The second-order valence-corrected chi connectivity index (χ2v) is 8.21. The van der Waals surface area contributed by atoms with Crippen LogP contribution in [0.25, 0.3) is 0 Å². The van der Waals surface area contributed by atoms with E-state index in [0.717, 1.165) is 17.5 Å². The molecule has 27 heavy (non-hydrogen) atoms. The first-order chi connectivity index (χ1) is 12.8. The van der Waals surface area contributed by atoms with Gasteiger partial charge in [-0.05, 0) is 24.6 Å². The fraction of sp³-hybridized carbons (Fsp3) is 0.333. The highest BCUT2D eigenvalue weighted by Gasteiger charge is 2.31. The van der Waals surface area contributed by atoms with Crippen LogP contribution in [0.3, 0.4) is 0 Å². The van der Waals surface area contributed by atoms with Crippen molar-refractivity contribution < 1.29 is 18.1 Å². The van der Waals surface area contributed by atoms with Gasteiger partial charge in [0, 0.05) is 50.1 Å². The van der Waals surface area contributed by atoms with Crippen LogP contribution in [0.5, 0.6) is 5.75 Å². The molecular formula is C18H21N3O5S. The zero-order chi connectivity index (χ0) is 19.6. The normalized spacial score (nSPS) is 15.6. The van der Waals surface area contributed by atoms with E-state index in [1.165, 1.54) is 16.4 Å². The van der Waals surface area contributed by atoms with Gasteiger partial charge in [-0.25, -0.2) is 8.42 Å². The predicted molar refractivity (Wildman–Crippen MR) is 102 cm³/mol. The number of rotatable bonds is 5. The maximum Gasteiger partial charge on any atom is 0.270 e. The average Bonchev–Trinajstić information content (AvgIpc) is 2.68. The molecule has 1 aliphatic heterocycles. The largest absolute Gasteiger partial charge is 0.497 e. The monoisotopic (exact) mass is 391 g/mol. The molecule has 8 nitrogen and oxygen atoms in total. The Kier molecular flexibility index (Phi) is 5.33. The number of aryl methyl sites for hydroxylation is 1. The molecule has 0 atom stereocenters. The lowest BCUT2D eigenvalue weighted by molar-refractivity contribution is -0.385. The summed E-state index contributed by atoms with van der Waals surface area (Å²) in [6.07, 6.45) is 0. The fourth-order valence-electron chi connectivity index (χ4n) is 3.11. The van der Waals surface area contributed by atoms with Crippen LogP contribution in [0.2, 0.25) is 0 Å². The molecule has 2 aromatic carbocycles. The van der Waals surface area contributed by atoms with Gasteiger partial charge >= 0.3 is 0 Å². The molecule has 1 fully saturated rings. The molecule has 2 aromatic rings. The van der Waals surface area contributed by atoms with E-state index in [9.17, 15) is 18.5 Å². The third kappa shape index (κ3) is 3.88. The smallest absolute Gasteiger partial charge is 0.270 e. The number of methoxy groups -OCH3 is 1. The third-order valence-corrected chi connectivity index (χ3v) is 6.70. The number of nitro benzene ring substituents is 1. The highest BCUT2D eigenvalue weighted by Crippen LogP contribution is 2.27. The number of nitro groups is 1. The van der Waals surface area contributed by atoms with Crippen LogP contribution in [0.15, 0.2) is 47.4 Å². The number of anilines is 1. The number of hydrogen-bond acceptors (Lipinski definition) is 6. The number of nitrogens with zero attached hydrogens (tertiary/aromatic N) is 3. The molecule has 1 heterocycles. The van der Waals surface area contributed by atoms with Crippen molar-refractivity contribution in [3.8, 4) is 5.75 Å². The summed E-state index contributed by atoms with van der Waals surface area (Å²) in [4.78, 5) is 12.5. The summed E-state index contributed by atoms with van der Waals surface area (Å²) in [5, 5.41) is 11.0. The van der Waals surface area contributed by atoms with Gasteiger partial charge < -0.3 is 9.64 Å². The Balaban J connectivity index is 1.79. The van der Waals surface area contributed by atoms with E-state index in [4.69, 9.17) is 4.74 Å². The molecule has 0 bridgehead atoms. The van der Waals surface area contributed by atoms with Crippen molar-refractivity contribution >= 4 is 21.4 Å². The number of benzene rings is 2. The average molecular weight is 391 g/mol. The molecule has 1 saturated heterocycles. The molecule has 0 spiro atoms. The minimum atomic E-state index is -3.79. The summed E-state index contributed by atoms with van der Waals surface area (Å²) in [6.45, 7) is 3.31. The van der Waals surface area contributed by atoms with Crippen molar-refractivity contribution in [3.63, 3.8) is 0 Å². The van der Waals surface area contributed by atoms with Crippen molar-refractivity contribution in [1.82, 2.24) is 4.31 Å². The van der Waals surface area contributed by atoms with Gasteiger partial charge in [0.05, 0.1) is 16.9 Å². The van der Waals surface area contributed by atoms with Crippen molar-refractivity contribution in [2.75, 3.05) is 38.2 Å². The summed E-state index contributed by atoms with van der Waals surface area (Å²) >= 11 is 0. The standard InChI is InChI=1S/C18H21N3O5S/c1-14-6-7-16(21(22)23)13-18(14)27(24,25)20-10-8-19(9-11-20)15-4-3-5-17(12-15)26-2/h3-7,12-13H,8-11H2,1-2H3. The van der Waals surface area contributed by atoms with Crippen LogP contribution < -0.4 is 9.64 Å². The van der Waals surface area contributed by atoms with E-state index in [-0.39, 0.29) is 10.6 Å². The summed E-state index contributed by atoms with van der Waals surface area (Å²) in [5.41, 5.74) is 1.24. The van der Waals surface area contributed by atoms with Crippen molar-refractivity contribution in [2.24, 2.45) is 0 Å². The zero-order valence-electron chi connectivity index (χ0n) is 15.2. The van der Waals surface area contributed by atoms with E-state index >= 15 is 0 Å². The SMILES string of the molecule is COc1cccc(N2CCN(S(=O)(=O)c3cc([N+](=O)[O-])ccc3C)CC2)c1. The molecule has 3 rings (SSSR count). The van der Waals surface area contributed by atoms with Crippen LogP contribution in [0, 0.1) is 17.0 Å². The minimum absolute atomic E-state index is 0.00784. The molecule has 1 aliphatic rings. The van der Waals surface area contributed by atoms with Gasteiger partial charge in [-0.3, -0.25) is 10.1 Å². The Hall–Kier alpha value is -2.65. The Bertz CT molecular complexity index is 953. The highest BCUT2D eigenvalue weighted by atomic mass is 32.2. The van der Waals surface area contributed by atoms with E-state index in [2.05, 4.69) is 4.90 Å². The second-order valence-electron chi connectivity index (χ2n) is 6.30. The number of hydrogen-bond donors (Lipinski definition) is 0. The Morgan fingerprint density at radius 3 is 2.41 bits per heavy atom. The van der Waals surface area contributed by atoms with Crippen molar-refractivity contribution in [1.29, 1.82) is 0 Å². The molecule has 9 heteroatoms. The Morgan fingerprint density at radius 2 is 1.78 bits per heavy atom. The van der Waals surface area contributed by atoms with Crippen LogP contribution in [0.4, 0.5) is 11.4 Å². The summed E-state index contributed by atoms with van der Waals surface area (Å²) in [6, 6.07) is 11.5. The Labute approximate surface area is 158 Å². The van der Waals surface area contributed by atoms with Gasteiger partial charge in [0.15, 0.2) is 0 Å². The topological polar surface area (TPSA) is 93.0 Å². The van der Waals surface area contributed by atoms with Gasteiger partial charge in [-0.15, -0.1) is 0 Å². The number of sulfonamides is 1. The first kappa shape index (κ1) is 19.1. The maximum absolute atomic E-state index is 13.0. The van der Waals surface area contributed by atoms with Crippen molar-refractivity contribution in [2.45, 2.75) is 11.8 Å². The van der Waals surface area contributed by atoms with E-state index in [0.29, 0.717) is 31.7 Å². The molecule has 0 aromatic heterocycles. The minimum Gasteiger partial charge on any atom is -0.497 e. The second kappa shape index (κ2) is 7.53. The molecule has 0 aliphatic carbocycles. The van der Waals surface area contributed by atoms with Gasteiger partial charge in [-0.2, -0.15) is 4.31 Å². The number of non-ortho nitro benzene ring substituents is 1. The number of piperazine rings is 1. The summed E-state index contributed by atoms with van der Waals surface area (Å²) in [5.74, 6) is 0.745. The molecule has 0 radical (unpaired) electrons. The maximum atomic E-state index is 13.0. The quantitative estimate of drug-likeness (QED) is 0.574.